The molecule has 1 aliphatic carbocycles. The fourth-order valence-electron chi connectivity index (χ4n) is 5.23. The van der Waals surface area contributed by atoms with Crippen molar-refractivity contribution >= 4 is 0 Å². The van der Waals surface area contributed by atoms with E-state index in [1.165, 1.54) is 43.2 Å². The SMILES string of the molecule is C=C(C)CCC/C=C\C[C@@H]1C(CC[C@@H](C#N)CCc2ccccc2)[C@H](C)C[C@@H]1C. The van der Waals surface area contributed by atoms with Gasteiger partial charge in [-0.3, -0.25) is 0 Å². The molecule has 0 heterocycles. The van der Waals surface area contributed by atoms with Crippen molar-refractivity contribution in [1.29, 1.82) is 5.26 Å². The van der Waals surface area contributed by atoms with Crippen molar-refractivity contribution in [1.82, 2.24) is 0 Å². The first-order valence-electron chi connectivity index (χ1n) is 11.7. The lowest BCUT2D eigenvalue weighted by molar-refractivity contribution is 0.267. The molecule has 1 unspecified atom stereocenters. The summed E-state index contributed by atoms with van der Waals surface area (Å²) in [6.45, 7) is 11.0. The van der Waals surface area contributed by atoms with Gasteiger partial charge in [0.2, 0.25) is 0 Å². The Hall–Kier alpha value is -1.81. The van der Waals surface area contributed by atoms with Gasteiger partial charge in [-0.25, -0.2) is 0 Å². The van der Waals surface area contributed by atoms with Crippen molar-refractivity contribution in [2.75, 3.05) is 0 Å². The summed E-state index contributed by atoms with van der Waals surface area (Å²) in [6, 6.07) is 13.2. The van der Waals surface area contributed by atoms with Crippen LogP contribution in [0.5, 0.6) is 0 Å². The standard InChI is InChI=1S/C28H41N/c1-22(2)12-8-5-6-11-15-27-23(3)20-24(4)28(27)19-18-26(21-29)17-16-25-13-9-7-10-14-25/h6-7,9-11,13-14,23-24,26-28H,1,5,8,12,15-20H2,2-4H3/b11-6-/t23-,24+,26-,27-,28?/m0/s1. The molecule has 0 aromatic heterocycles. The highest BCUT2D eigenvalue weighted by atomic mass is 14.4. The lowest BCUT2D eigenvalue weighted by Crippen LogP contribution is -2.17. The minimum Gasteiger partial charge on any atom is -0.198 e. The smallest absolute Gasteiger partial charge is 0.0655 e. The number of nitrogens with zero attached hydrogens (tertiary/aromatic N) is 1. The Bertz CT molecular complexity index is 665. The van der Waals surface area contributed by atoms with Crippen LogP contribution in [0.4, 0.5) is 0 Å². The minimum atomic E-state index is 0.191. The van der Waals surface area contributed by atoms with E-state index in [9.17, 15) is 5.26 Å². The highest BCUT2D eigenvalue weighted by Gasteiger charge is 2.37. The largest absolute Gasteiger partial charge is 0.198 e. The zero-order chi connectivity index (χ0) is 21.1. The summed E-state index contributed by atoms with van der Waals surface area (Å²) in [5.74, 6) is 3.35. The molecule has 0 amide bonds. The first-order valence-corrected chi connectivity index (χ1v) is 11.7. The van der Waals surface area contributed by atoms with Crippen molar-refractivity contribution < 1.29 is 0 Å². The van der Waals surface area contributed by atoms with Gasteiger partial charge < -0.3 is 0 Å². The molecule has 0 spiro atoms. The number of hydrogen-bond donors (Lipinski definition) is 0. The summed E-state index contributed by atoms with van der Waals surface area (Å²) in [5.41, 5.74) is 2.64. The molecule has 0 radical (unpaired) electrons. The number of hydrogen-bond acceptors (Lipinski definition) is 1. The van der Waals surface area contributed by atoms with Gasteiger partial charge in [-0.05, 0) is 93.9 Å². The van der Waals surface area contributed by atoms with Crippen LogP contribution in [0.25, 0.3) is 0 Å². The average Bonchev–Trinajstić information content (AvgIpc) is 2.98. The van der Waals surface area contributed by atoms with E-state index in [0.29, 0.717) is 0 Å². The summed E-state index contributed by atoms with van der Waals surface area (Å²) in [6.07, 6.45) is 15.2. The van der Waals surface area contributed by atoms with Crippen molar-refractivity contribution in [3.63, 3.8) is 0 Å². The van der Waals surface area contributed by atoms with Crippen LogP contribution >= 0.6 is 0 Å². The fourth-order valence-corrected chi connectivity index (χ4v) is 5.23. The average molecular weight is 392 g/mol. The van der Waals surface area contributed by atoms with Crippen LogP contribution in [0.3, 0.4) is 0 Å². The van der Waals surface area contributed by atoms with Crippen LogP contribution in [0.2, 0.25) is 0 Å². The van der Waals surface area contributed by atoms with Crippen LogP contribution in [-0.4, -0.2) is 0 Å². The van der Waals surface area contributed by atoms with E-state index >= 15 is 0 Å². The van der Waals surface area contributed by atoms with E-state index in [-0.39, 0.29) is 5.92 Å². The Morgan fingerprint density at radius 2 is 1.86 bits per heavy atom. The second-order valence-corrected chi connectivity index (χ2v) is 9.50. The van der Waals surface area contributed by atoms with E-state index in [2.05, 4.69) is 75.9 Å². The maximum atomic E-state index is 9.66. The van der Waals surface area contributed by atoms with E-state index in [4.69, 9.17) is 0 Å². The normalized spacial score (nSPS) is 25.2. The number of allylic oxidation sites excluding steroid dienone is 3. The van der Waals surface area contributed by atoms with Gasteiger partial charge in [0.05, 0.1) is 6.07 Å². The van der Waals surface area contributed by atoms with Crippen LogP contribution in [0.1, 0.15) is 77.7 Å². The first kappa shape index (κ1) is 23.5. The minimum absolute atomic E-state index is 0.191. The Balaban J connectivity index is 1.80. The highest BCUT2D eigenvalue weighted by molar-refractivity contribution is 5.15. The van der Waals surface area contributed by atoms with Gasteiger partial charge in [-0.15, -0.1) is 6.58 Å². The summed E-state index contributed by atoms with van der Waals surface area (Å²) in [7, 11) is 0. The number of benzene rings is 1. The van der Waals surface area contributed by atoms with Crippen molar-refractivity contribution in [3.05, 3.63) is 60.2 Å². The molecule has 2 rings (SSSR count). The molecule has 0 N–H and O–H groups in total. The molecule has 29 heavy (non-hydrogen) atoms. The molecule has 1 saturated carbocycles. The zero-order valence-electron chi connectivity index (χ0n) is 18.9. The maximum absolute atomic E-state index is 9.66. The van der Waals surface area contributed by atoms with Crippen molar-refractivity contribution in [3.8, 4) is 6.07 Å². The predicted octanol–water partition coefficient (Wildman–Crippen LogP) is 8.14. The van der Waals surface area contributed by atoms with Gasteiger partial charge in [0.15, 0.2) is 0 Å². The highest BCUT2D eigenvalue weighted by Crippen LogP contribution is 2.46. The van der Waals surface area contributed by atoms with E-state index in [1.54, 1.807) is 0 Å². The number of aryl methyl sites for hydroxylation is 1. The third-order valence-corrected chi connectivity index (χ3v) is 6.96. The maximum Gasteiger partial charge on any atom is 0.0655 e. The third kappa shape index (κ3) is 8.22. The van der Waals surface area contributed by atoms with Crippen LogP contribution in [0.15, 0.2) is 54.6 Å². The molecule has 158 valence electrons. The van der Waals surface area contributed by atoms with Crippen molar-refractivity contribution in [2.45, 2.75) is 78.6 Å². The number of unbranched alkanes of at least 4 members (excludes halogenated alkanes) is 1. The Labute approximate surface area is 179 Å². The second kappa shape index (κ2) is 12.7. The lowest BCUT2D eigenvalue weighted by Gasteiger charge is -2.25. The fraction of sp³-hybridized carbons (Fsp3) is 0.607. The zero-order valence-corrected chi connectivity index (χ0v) is 18.9. The van der Waals surface area contributed by atoms with Gasteiger partial charge >= 0.3 is 0 Å². The molecule has 0 bridgehead atoms. The molecule has 0 saturated heterocycles. The number of nitriles is 1. The predicted molar refractivity (Wildman–Crippen MR) is 125 cm³/mol. The van der Waals surface area contributed by atoms with E-state index < -0.39 is 0 Å². The summed E-state index contributed by atoms with van der Waals surface area (Å²) in [4.78, 5) is 0. The molecule has 1 heteroatoms. The monoisotopic (exact) mass is 391 g/mol. The molecule has 0 aliphatic heterocycles. The van der Waals surface area contributed by atoms with Crippen LogP contribution in [-0.2, 0) is 6.42 Å². The van der Waals surface area contributed by atoms with Crippen LogP contribution in [0, 0.1) is 40.9 Å². The van der Waals surface area contributed by atoms with Crippen molar-refractivity contribution in [2.24, 2.45) is 29.6 Å². The summed E-state index contributed by atoms with van der Waals surface area (Å²) in [5, 5.41) is 9.66. The van der Waals surface area contributed by atoms with Gasteiger partial charge in [-0.1, -0.05) is 61.9 Å². The molecule has 1 nitrogen and oxygen atoms in total. The molecule has 5 atom stereocenters. The number of rotatable bonds is 12. The van der Waals surface area contributed by atoms with Crippen LogP contribution < -0.4 is 0 Å². The molecular weight excluding hydrogens is 350 g/mol. The van der Waals surface area contributed by atoms with Gasteiger partial charge in [0.25, 0.3) is 0 Å². The molecular formula is C28H41N. The molecule has 1 aromatic carbocycles. The molecule has 1 aliphatic rings. The second-order valence-electron chi connectivity index (χ2n) is 9.50. The quantitative estimate of drug-likeness (QED) is 0.260. The van der Waals surface area contributed by atoms with E-state index in [0.717, 1.165) is 49.4 Å². The van der Waals surface area contributed by atoms with Gasteiger partial charge in [0.1, 0.15) is 0 Å². The summed E-state index contributed by atoms with van der Waals surface area (Å²) < 4.78 is 0. The molecule has 1 aromatic rings. The third-order valence-electron chi connectivity index (χ3n) is 6.96. The topological polar surface area (TPSA) is 23.8 Å². The molecule has 1 fully saturated rings. The van der Waals surface area contributed by atoms with Gasteiger partial charge in [0, 0.05) is 5.92 Å². The van der Waals surface area contributed by atoms with Gasteiger partial charge in [-0.2, -0.15) is 5.26 Å². The van der Waals surface area contributed by atoms with E-state index in [1.807, 2.05) is 0 Å². The first-order chi connectivity index (χ1) is 14.0. The Kier molecular flexibility index (Phi) is 10.3. The Morgan fingerprint density at radius 1 is 1.14 bits per heavy atom. The lowest BCUT2D eigenvalue weighted by atomic mass is 9.80. The Morgan fingerprint density at radius 3 is 2.55 bits per heavy atom. The summed E-state index contributed by atoms with van der Waals surface area (Å²) >= 11 is 0.